The Kier molecular flexibility index (Phi) is 9.40. The standard InChI is InChI=1S/C32H42F2O/c1-3-5-6-23-7-12-25(13-8-23)27-17-19-28(20-18-27)26-14-9-24(10-15-26)11-16-29-21-22-30(35-4-2)32(34)31(29)33/h3,7-8,12-13,21-22,24,26-28H,1,4-6,9-11,14-20H2,2H3. The van der Waals surface area contributed by atoms with E-state index in [1.165, 1.54) is 62.5 Å². The molecule has 0 atom stereocenters. The highest BCUT2D eigenvalue weighted by Crippen LogP contribution is 2.44. The van der Waals surface area contributed by atoms with E-state index in [9.17, 15) is 8.78 Å². The molecule has 0 radical (unpaired) electrons. The van der Waals surface area contributed by atoms with Crippen molar-refractivity contribution < 1.29 is 13.5 Å². The van der Waals surface area contributed by atoms with E-state index in [2.05, 4.69) is 30.8 Å². The quantitative estimate of drug-likeness (QED) is 0.308. The predicted octanol–water partition coefficient (Wildman–Crippen LogP) is 9.20. The average Bonchev–Trinajstić information content (AvgIpc) is 2.90. The largest absolute Gasteiger partial charge is 0.491 e. The maximum atomic E-state index is 14.4. The lowest BCUT2D eigenvalue weighted by molar-refractivity contribution is 0.157. The van der Waals surface area contributed by atoms with Crippen molar-refractivity contribution >= 4 is 0 Å². The predicted molar refractivity (Wildman–Crippen MR) is 141 cm³/mol. The molecule has 4 rings (SSSR count). The van der Waals surface area contributed by atoms with Gasteiger partial charge in [-0.2, -0.15) is 4.39 Å². The third-order valence-electron chi connectivity index (χ3n) is 8.67. The van der Waals surface area contributed by atoms with Crippen LogP contribution in [0.1, 0.15) is 93.7 Å². The van der Waals surface area contributed by atoms with Gasteiger partial charge in [0.15, 0.2) is 11.6 Å². The number of benzene rings is 2. The van der Waals surface area contributed by atoms with Gasteiger partial charge in [-0.25, -0.2) is 4.39 Å². The second-order valence-electron chi connectivity index (χ2n) is 10.8. The van der Waals surface area contributed by atoms with Crippen molar-refractivity contribution in [1.29, 1.82) is 0 Å². The van der Waals surface area contributed by atoms with Gasteiger partial charge < -0.3 is 4.74 Å². The number of hydrogen-bond donors (Lipinski definition) is 0. The zero-order chi connectivity index (χ0) is 24.6. The molecule has 2 fully saturated rings. The highest BCUT2D eigenvalue weighted by Gasteiger charge is 2.31. The summed E-state index contributed by atoms with van der Waals surface area (Å²) in [5, 5.41) is 0. The Morgan fingerprint density at radius 1 is 0.829 bits per heavy atom. The van der Waals surface area contributed by atoms with E-state index < -0.39 is 11.6 Å². The minimum Gasteiger partial charge on any atom is -0.491 e. The van der Waals surface area contributed by atoms with E-state index in [4.69, 9.17) is 4.74 Å². The van der Waals surface area contributed by atoms with Crippen LogP contribution >= 0.6 is 0 Å². The van der Waals surface area contributed by atoms with E-state index in [0.29, 0.717) is 24.5 Å². The molecule has 0 spiro atoms. The fourth-order valence-electron chi connectivity index (χ4n) is 6.49. The summed E-state index contributed by atoms with van der Waals surface area (Å²) in [4.78, 5) is 0. The first-order valence-electron chi connectivity index (χ1n) is 13.9. The lowest BCUT2D eigenvalue weighted by Gasteiger charge is -2.38. The van der Waals surface area contributed by atoms with Crippen molar-refractivity contribution in [2.45, 2.75) is 89.9 Å². The Morgan fingerprint density at radius 2 is 1.49 bits per heavy atom. The molecule has 2 aliphatic rings. The van der Waals surface area contributed by atoms with Crippen molar-refractivity contribution in [2.75, 3.05) is 6.61 Å². The SMILES string of the molecule is C=CCCc1ccc(C2CCC(C3CCC(CCc4ccc(OCC)c(F)c4F)CC3)CC2)cc1. The molecule has 35 heavy (non-hydrogen) atoms. The van der Waals surface area contributed by atoms with Crippen LogP contribution in [0.25, 0.3) is 0 Å². The normalized spacial score (nSPS) is 24.8. The van der Waals surface area contributed by atoms with Gasteiger partial charge in [0.1, 0.15) is 0 Å². The fraction of sp³-hybridized carbons (Fsp3) is 0.562. The Morgan fingerprint density at radius 3 is 2.11 bits per heavy atom. The van der Waals surface area contributed by atoms with Crippen LogP contribution in [0.2, 0.25) is 0 Å². The molecular weight excluding hydrogens is 438 g/mol. The molecule has 2 aliphatic carbocycles. The molecular formula is C32H42F2O. The van der Waals surface area contributed by atoms with Gasteiger partial charge in [-0.15, -0.1) is 6.58 Å². The summed E-state index contributed by atoms with van der Waals surface area (Å²) >= 11 is 0. The summed E-state index contributed by atoms with van der Waals surface area (Å²) in [6.45, 7) is 5.93. The number of aryl methyl sites for hydroxylation is 2. The van der Waals surface area contributed by atoms with Crippen molar-refractivity contribution in [1.82, 2.24) is 0 Å². The van der Waals surface area contributed by atoms with Crippen LogP contribution in [-0.4, -0.2) is 6.61 Å². The number of hydrogen-bond acceptors (Lipinski definition) is 1. The minimum absolute atomic E-state index is 0.0181. The molecule has 2 aromatic rings. The molecule has 0 N–H and O–H groups in total. The summed E-state index contributed by atoms with van der Waals surface area (Å²) in [5.41, 5.74) is 3.42. The summed E-state index contributed by atoms with van der Waals surface area (Å²) in [6, 6.07) is 12.6. The van der Waals surface area contributed by atoms with E-state index in [0.717, 1.165) is 37.0 Å². The molecule has 1 nitrogen and oxygen atoms in total. The lowest BCUT2D eigenvalue weighted by atomic mass is 9.68. The lowest BCUT2D eigenvalue weighted by Crippen LogP contribution is -2.25. The molecule has 0 saturated heterocycles. The first-order chi connectivity index (χ1) is 17.1. The molecule has 0 bridgehead atoms. The van der Waals surface area contributed by atoms with Crippen LogP contribution in [-0.2, 0) is 12.8 Å². The van der Waals surface area contributed by atoms with E-state index in [1.54, 1.807) is 19.1 Å². The Balaban J connectivity index is 1.19. The van der Waals surface area contributed by atoms with Gasteiger partial charge in [0, 0.05) is 0 Å². The van der Waals surface area contributed by atoms with E-state index in [1.807, 2.05) is 6.08 Å². The molecule has 190 valence electrons. The molecule has 0 aromatic heterocycles. The van der Waals surface area contributed by atoms with Crippen molar-refractivity contribution in [3.63, 3.8) is 0 Å². The highest BCUT2D eigenvalue weighted by molar-refractivity contribution is 5.31. The van der Waals surface area contributed by atoms with Crippen molar-refractivity contribution in [2.24, 2.45) is 17.8 Å². The highest BCUT2D eigenvalue weighted by atomic mass is 19.2. The molecule has 2 saturated carbocycles. The molecule has 0 heterocycles. The summed E-state index contributed by atoms with van der Waals surface area (Å²) in [7, 11) is 0. The van der Waals surface area contributed by atoms with E-state index in [-0.39, 0.29) is 5.75 Å². The Labute approximate surface area is 211 Å². The number of rotatable bonds is 10. The molecule has 3 heteroatoms. The summed E-state index contributed by atoms with van der Waals surface area (Å²) in [5.74, 6) is 1.53. The third-order valence-corrected chi connectivity index (χ3v) is 8.67. The van der Waals surface area contributed by atoms with Gasteiger partial charge in [0.05, 0.1) is 6.61 Å². The van der Waals surface area contributed by atoms with Crippen molar-refractivity contribution in [3.05, 3.63) is 77.4 Å². The van der Waals surface area contributed by atoms with E-state index >= 15 is 0 Å². The van der Waals surface area contributed by atoms with Crippen LogP contribution in [0, 0.1) is 29.4 Å². The topological polar surface area (TPSA) is 9.23 Å². The molecule has 2 aromatic carbocycles. The minimum atomic E-state index is -0.840. The van der Waals surface area contributed by atoms with Crippen LogP contribution in [0.3, 0.4) is 0 Å². The van der Waals surface area contributed by atoms with Gasteiger partial charge in [-0.1, -0.05) is 49.2 Å². The Bertz CT molecular complexity index is 935. The molecule has 0 unspecified atom stereocenters. The van der Waals surface area contributed by atoms with Crippen LogP contribution < -0.4 is 4.74 Å². The summed E-state index contributed by atoms with van der Waals surface area (Å²) < 4.78 is 33.7. The summed E-state index contributed by atoms with van der Waals surface area (Å²) in [6.07, 6.45) is 16.1. The van der Waals surface area contributed by atoms with Gasteiger partial charge >= 0.3 is 0 Å². The maximum Gasteiger partial charge on any atom is 0.200 e. The van der Waals surface area contributed by atoms with Crippen LogP contribution in [0.4, 0.5) is 8.78 Å². The van der Waals surface area contributed by atoms with Crippen molar-refractivity contribution in [3.8, 4) is 5.75 Å². The Hall–Kier alpha value is -2.16. The average molecular weight is 481 g/mol. The van der Waals surface area contributed by atoms with Gasteiger partial charge in [-0.05, 0) is 118 Å². The number of ether oxygens (including phenoxy) is 1. The van der Waals surface area contributed by atoms with Crippen LogP contribution in [0.5, 0.6) is 5.75 Å². The second-order valence-corrected chi connectivity index (χ2v) is 10.8. The second kappa shape index (κ2) is 12.7. The monoisotopic (exact) mass is 480 g/mol. The molecule has 0 aliphatic heterocycles. The fourth-order valence-corrected chi connectivity index (χ4v) is 6.49. The zero-order valence-electron chi connectivity index (χ0n) is 21.4. The van der Waals surface area contributed by atoms with Gasteiger partial charge in [0.25, 0.3) is 0 Å². The van der Waals surface area contributed by atoms with Crippen LogP contribution in [0.15, 0.2) is 49.1 Å². The zero-order valence-corrected chi connectivity index (χ0v) is 21.4. The third kappa shape index (κ3) is 6.74. The first-order valence-corrected chi connectivity index (χ1v) is 13.9. The molecule has 0 amide bonds. The first kappa shape index (κ1) is 25.9. The van der Waals surface area contributed by atoms with Gasteiger partial charge in [-0.3, -0.25) is 0 Å². The smallest absolute Gasteiger partial charge is 0.200 e. The number of halogens is 2. The maximum absolute atomic E-state index is 14.4. The van der Waals surface area contributed by atoms with Gasteiger partial charge in [0.2, 0.25) is 5.82 Å². The number of allylic oxidation sites excluding steroid dienone is 1.